The van der Waals surface area contributed by atoms with Crippen LogP contribution in [0.4, 0.5) is 17.4 Å². The molecule has 2 aliphatic rings. The van der Waals surface area contributed by atoms with Gasteiger partial charge in [-0.3, -0.25) is 0 Å². The van der Waals surface area contributed by atoms with Gasteiger partial charge in [0.15, 0.2) is 5.76 Å². The topological polar surface area (TPSA) is 53.8 Å². The van der Waals surface area contributed by atoms with Crippen LogP contribution in [0.1, 0.15) is 31.2 Å². The van der Waals surface area contributed by atoms with Gasteiger partial charge in [0.1, 0.15) is 5.75 Å². The molecule has 2 heterocycles. The molecule has 0 bridgehead atoms. The molecule has 5 rings (SSSR count). The Balaban J connectivity index is 1.26. The summed E-state index contributed by atoms with van der Waals surface area (Å²) in [5.74, 6) is 1.63. The lowest BCUT2D eigenvalue weighted by Gasteiger charge is -2.35. The summed E-state index contributed by atoms with van der Waals surface area (Å²) >= 11 is 0. The summed E-state index contributed by atoms with van der Waals surface area (Å²) in [7, 11) is 2.18. The summed E-state index contributed by atoms with van der Waals surface area (Å²) in [5, 5.41) is 3.31. The lowest BCUT2D eigenvalue weighted by atomic mass is 10.1. The van der Waals surface area contributed by atoms with Crippen LogP contribution in [0.25, 0.3) is 11.3 Å². The first-order valence-electron chi connectivity index (χ1n) is 11.7. The largest absolute Gasteiger partial charge is 0.490 e. The molecule has 1 N–H and O–H groups in total. The lowest BCUT2D eigenvalue weighted by molar-refractivity contribution is 0.210. The normalized spacial score (nSPS) is 17.6. The van der Waals surface area contributed by atoms with Crippen molar-refractivity contribution in [3.63, 3.8) is 0 Å². The summed E-state index contributed by atoms with van der Waals surface area (Å²) < 4.78 is 12.1. The molecule has 0 radical (unpaired) electrons. The van der Waals surface area contributed by atoms with Crippen molar-refractivity contribution in [2.75, 3.05) is 43.4 Å². The fourth-order valence-corrected chi connectivity index (χ4v) is 4.65. The van der Waals surface area contributed by atoms with E-state index in [4.69, 9.17) is 9.15 Å². The Kier molecular flexibility index (Phi) is 6.04. The fourth-order valence-electron chi connectivity index (χ4n) is 4.65. The average molecular weight is 433 g/mol. The number of ether oxygens (including phenoxy) is 1. The quantitative estimate of drug-likeness (QED) is 0.558. The third-order valence-corrected chi connectivity index (χ3v) is 6.52. The van der Waals surface area contributed by atoms with Gasteiger partial charge in [0.05, 0.1) is 12.3 Å². The number of likely N-dealkylation sites (N-methyl/N-ethyl adjacent to an activating group) is 1. The van der Waals surface area contributed by atoms with Gasteiger partial charge < -0.3 is 24.3 Å². The second-order valence-corrected chi connectivity index (χ2v) is 9.00. The van der Waals surface area contributed by atoms with Gasteiger partial charge in [0.25, 0.3) is 6.01 Å². The summed E-state index contributed by atoms with van der Waals surface area (Å²) in [5.41, 5.74) is 4.51. The second kappa shape index (κ2) is 9.25. The Bertz CT molecular complexity index is 1050. The number of aromatic nitrogens is 1. The molecule has 3 aromatic rings. The first-order chi connectivity index (χ1) is 15.6. The monoisotopic (exact) mass is 432 g/mol. The number of hydrogen-bond donors (Lipinski definition) is 1. The summed E-state index contributed by atoms with van der Waals surface area (Å²) in [6.45, 7) is 6.50. The lowest BCUT2D eigenvalue weighted by Crippen LogP contribution is -2.44. The molecule has 0 amide bonds. The molecule has 2 aromatic carbocycles. The maximum Gasteiger partial charge on any atom is 0.299 e. The van der Waals surface area contributed by atoms with Gasteiger partial charge in [-0.05, 0) is 75.5 Å². The molecule has 168 valence electrons. The number of nitrogens with one attached hydrogen (secondary N) is 1. The van der Waals surface area contributed by atoms with E-state index in [-0.39, 0.29) is 0 Å². The molecule has 0 spiro atoms. The van der Waals surface area contributed by atoms with E-state index < -0.39 is 0 Å². The minimum atomic E-state index is 0.342. The van der Waals surface area contributed by atoms with Crippen LogP contribution >= 0.6 is 0 Å². The standard InChI is InChI=1S/C26H32N4O2/c1-19-16-21(10-11-24(19)30-14-12-29(2)13-15-30)28-26-27-18-25(32-26)20-6-5-9-23(17-20)31-22-7-3-4-8-22/h5-6,9-11,16-18,22H,3-4,7-8,12-15H2,1-2H3,(H,27,28). The van der Waals surface area contributed by atoms with Crippen LogP contribution in [0, 0.1) is 6.92 Å². The molecule has 2 fully saturated rings. The Morgan fingerprint density at radius 1 is 1.03 bits per heavy atom. The number of rotatable bonds is 6. The van der Waals surface area contributed by atoms with Crippen molar-refractivity contribution in [2.24, 2.45) is 0 Å². The number of hydrogen-bond acceptors (Lipinski definition) is 6. The highest BCUT2D eigenvalue weighted by Gasteiger charge is 2.18. The highest BCUT2D eigenvalue weighted by atomic mass is 16.5. The van der Waals surface area contributed by atoms with Gasteiger partial charge in [-0.25, -0.2) is 4.98 Å². The molecule has 0 unspecified atom stereocenters. The predicted octanol–water partition coefficient (Wildman–Crippen LogP) is 5.47. The van der Waals surface area contributed by atoms with Gasteiger partial charge in [-0.1, -0.05) is 12.1 Å². The van der Waals surface area contributed by atoms with Crippen LogP contribution in [0.5, 0.6) is 5.75 Å². The van der Waals surface area contributed by atoms with Gasteiger partial charge >= 0.3 is 0 Å². The number of oxazole rings is 1. The SMILES string of the molecule is Cc1cc(Nc2ncc(-c3cccc(OC4CCCC4)c3)o2)ccc1N1CCN(C)CC1. The first kappa shape index (κ1) is 20.9. The molecule has 1 saturated carbocycles. The molecule has 1 saturated heterocycles. The number of piperazine rings is 1. The van der Waals surface area contributed by atoms with Crippen LogP contribution in [-0.4, -0.2) is 49.2 Å². The minimum Gasteiger partial charge on any atom is -0.490 e. The summed E-state index contributed by atoms with van der Waals surface area (Å²) in [4.78, 5) is 9.27. The highest BCUT2D eigenvalue weighted by molar-refractivity contribution is 5.65. The second-order valence-electron chi connectivity index (χ2n) is 9.00. The third-order valence-electron chi connectivity index (χ3n) is 6.52. The zero-order chi connectivity index (χ0) is 21.9. The van der Waals surface area contributed by atoms with E-state index in [0.717, 1.165) is 61.8 Å². The van der Waals surface area contributed by atoms with Crippen LogP contribution < -0.4 is 15.0 Å². The summed E-state index contributed by atoms with van der Waals surface area (Å²) in [6, 6.07) is 15.0. The van der Waals surface area contributed by atoms with Gasteiger partial charge in [0.2, 0.25) is 0 Å². The number of benzene rings is 2. The molecule has 6 nitrogen and oxygen atoms in total. The molecular weight excluding hydrogens is 400 g/mol. The average Bonchev–Trinajstić information content (AvgIpc) is 3.47. The van der Waals surface area contributed by atoms with Gasteiger partial charge in [-0.2, -0.15) is 0 Å². The fraction of sp³-hybridized carbons (Fsp3) is 0.423. The Hall–Kier alpha value is -2.99. The van der Waals surface area contributed by atoms with Crippen LogP contribution in [-0.2, 0) is 0 Å². The van der Waals surface area contributed by atoms with Crippen LogP contribution in [0.2, 0.25) is 0 Å². The van der Waals surface area contributed by atoms with E-state index in [1.165, 1.54) is 24.1 Å². The van der Waals surface area contributed by atoms with Crippen molar-refractivity contribution < 1.29 is 9.15 Å². The Labute approximate surface area is 190 Å². The zero-order valence-electron chi connectivity index (χ0n) is 19.0. The van der Waals surface area contributed by atoms with Crippen molar-refractivity contribution in [1.29, 1.82) is 0 Å². The molecular formula is C26H32N4O2. The summed E-state index contributed by atoms with van der Waals surface area (Å²) in [6.07, 6.45) is 6.92. The van der Waals surface area contributed by atoms with E-state index >= 15 is 0 Å². The number of nitrogens with zero attached hydrogens (tertiary/aromatic N) is 3. The molecule has 1 aliphatic heterocycles. The predicted molar refractivity (Wildman–Crippen MR) is 129 cm³/mol. The van der Waals surface area contributed by atoms with Crippen molar-refractivity contribution in [2.45, 2.75) is 38.7 Å². The molecule has 0 atom stereocenters. The molecule has 6 heteroatoms. The van der Waals surface area contributed by atoms with Crippen molar-refractivity contribution in [3.05, 3.63) is 54.2 Å². The van der Waals surface area contributed by atoms with E-state index in [1.807, 2.05) is 24.3 Å². The van der Waals surface area contributed by atoms with Crippen LogP contribution in [0.3, 0.4) is 0 Å². The van der Waals surface area contributed by atoms with Gasteiger partial charge in [-0.15, -0.1) is 0 Å². The van der Waals surface area contributed by atoms with E-state index in [0.29, 0.717) is 12.1 Å². The van der Waals surface area contributed by atoms with Gasteiger partial charge in [0, 0.05) is 43.1 Å². The van der Waals surface area contributed by atoms with Crippen molar-refractivity contribution >= 4 is 17.4 Å². The maximum absolute atomic E-state index is 6.14. The Morgan fingerprint density at radius 2 is 1.84 bits per heavy atom. The molecule has 1 aliphatic carbocycles. The highest BCUT2D eigenvalue weighted by Crippen LogP contribution is 2.31. The Morgan fingerprint density at radius 3 is 2.62 bits per heavy atom. The number of aryl methyl sites for hydroxylation is 1. The first-order valence-corrected chi connectivity index (χ1v) is 11.7. The van der Waals surface area contributed by atoms with E-state index in [9.17, 15) is 0 Å². The number of anilines is 3. The molecule has 1 aromatic heterocycles. The zero-order valence-corrected chi connectivity index (χ0v) is 19.0. The van der Waals surface area contributed by atoms with Crippen molar-refractivity contribution in [1.82, 2.24) is 9.88 Å². The molecule has 32 heavy (non-hydrogen) atoms. The van der Waals surface area contributed by atoms with Crippen molar-refractivity contribution in [3.8, 4) is 17.1 Å². The van der Waals surface area contributed by atoms with Crippen LogP contribution in [0.15, 0.2) is 53.1 Å². The van der Waals surface area contributed by atoms with E-state index in [1.54, 1.807) is 6.20 Å². The minimum absolute atomic E-state index is 0.342. The third kappa shape index (κ3) is 4.75. The smallest absolute Gasteiger partial charge is 0.299 e. The van der Waals surface area contributed by atoms with E-state index in [2.05, 4.69) is 52.3 Å². The maximum atomic E-state index is 6.14.